The number of primary sulfonamides is 1. The Morgan fingerprint density at radius 1 is 1.38 bits per heavy atom. The fourth-order valence-corrected chi connectivity index (χ4v) is 2.00. The van der Waals surface area contributed by atoms with Crippen LogP contribution in [0, 0.1) is 6.92 Å². The molecule has 1 aromatic rings. The summed E-state index contributed by atoms with van der Waals surface area (Å²) in [7, 11) is -3.57. The third kappa shape index (κ3) is 2.29. The van der Waals surface area contributed by atoms with Crippen molar-refractivity contribution in [3.63, 3.8) is 0 Å². The number of hydrogen-bond acceptors (Lipinski definition) is 2. The van der Waals surface area contributed by atoms with Gasteiger partial charge in [-0.15, -0.1) is 0 Å². The largest absolute Gasteiger partial charge is 0.238 e. The van der Waals surface area contributed by atoms with Gasteiger partial charge in [-0.1, -0.05) is 19.1 Å². The van der Waals surface area contributed by atoms with Gasteiger partial charge in [0.2, 0.25) is 10.0 Å². The van der Waals surface area contributed by atoms with E-state index in [0.29, 0.717) is 5.56 Å². The minimum absolute atomic E-state index is 0.229. The summed E-state index contributed by atoms with van der Waals surface area (Å²) in [4.78, 5) is 0.229. The van der Waals surface area contributed by atoms with E-state index in [1.807, 2.05) is 13.0 Å². The van der Waals surface area contributed by atoms with Crippen LogP contribution in [0.5, 0.6) is 0 Å². The number of rotatable bonds is 2. The van der Waals surface area contributed by atoms with E-state index in [4.69, 9.17) is 5.14 Å². The first-order valence-corrected chi connectivity index (χ1v) is 5.62. The first-order chi connectivity index (χ1) is 5.95. The van der Waals surface area contributed by atoms with Crippen LogP contribution in [-0.2, 0) is 16.4 Å². The fourth-order valence-electron chi connectivity index (χ4n) is 1.17. The van der Waals surface area contributed by atoms with Crippen molar-refractivity contribution < 1.29 is 8.42 Å². The summed E-state index contributed by atoms with van der Waals surface area (Å²) < 4.78 is 22.2. The number of hydrogen-bond donors (Lipinski definition) is 1. The molecule has 1 rings (SSSR count). The molecule has 0 fully saturated rings. The monoisotopic (exact) mass is 199 g/mol. The molecule has 1 aromatic carbocycles. The molecule has 0 unspecified atom stereocenters. The van der Waals surface area contributed by atoms with Crippen LogP contribution in [0.1, 0.15) is 18.1 Å². The molecule has 0 saturated heterocycles. The second-order valence-corrected chi connectivity index (χ2v) is 4.53. The molecule has 0 aliphatic heterocycles. The summed E-state index contributed by atoms with van der Waals surface area (Å²) >= 11 is 0. The number of sulfonamides is 1. The predicted molar refractivity (Wildman–Crippen MR) is 51.9 cm³/mol. The molecule has 0 heterocycles. The third-order valence-electron chi connectivity index (χ3n) is 1.97. The lowest BCUT2D eigenvalue weighted by Gasteiger charge is -2.04. The van der Waals surface area contributed by atoms with Gasteiger partial charge in [-0.25, -0.2) is 13.6 Å². The van der Waals surface area contributed by atoms with E-state index in [2.05, 4.69) is 0 Å². The van der Waals surface area contributed by atoms with Gasteiger partial charge < -0.3 is 0 Å². The SMILES string of the molecule is CCc1ccc(C)c(S(N)(=O)=O)c1. The van der Waals surface area contributed by atoms with Gasteiger partial charge in [0.1, 0.15) is 0 Å². The van der Waals surface area contributed by atoms with Crippen LogP contribution in [0.4, 0.5) is 0 Å². The van der Waals surface area contributed by atoms with Crippen molar-refractivity contribution in [2.45, 2.75) is 25.2 Å². The van der Waals surface area contributed by atoms with Crippen LogP contribution in [0.2, 0.25) is 0 Å². The lowest BCUT2D eigenvalue weighted by Crippen LogP contribution is -2.13. The molecule has 0 amide bonds. The average Bonchev–Trinajstić information content (AvgIpc) is 2.03. The van der Waals surface area contributed by atoms with Crippen molar-refractivity contribution in [3.05, 3.63) is 29.3 Å². The van der Waals surface area contributed by atoms with E-state index in [1.165, 1.54) is 0 Å². The maximum absolute atomic E-state index is 11.1. The molecule has 0 bridgehead atoms. The molecule has 0 aliphatic carbocycles. The first kappa shape index (κ1) is 10.2. The van der Waals surface area contributed by atoms with Crippen LogP contribution >= 0.6 is 0 Å². The quantitative estimate of drug-likeness (QED) is 0.778. The maximum Gasteiger partial charge on any atom is 0.238 e. The molecule has 0 radical (unpaired) electrons. The van der Waals surface area contributed by atoms with Crippen molar-refractivity contribution >= 4 is 10.0 Å². The summed E-state index contributed by atoms with van der Waals surface area (Å²) in [6.45, 7) is 3.71. The molecule has 2 N–H and O–H groups in total. The summed E-state index contributed by atoms with van der Waals surface area (Å²) in [6.07, 6.45) is 0.808. The fraction of sp³-hybridized carbons (Fsp3) is 0.333. The van der Waals surface area contributed by atoms with Crippen molar-refractivity contribution in [2.24, 2.45) is 5.14 Å². The van der Waals surface area contributed by atoms with Crippen molar-refractivity contribution in [2.75, 3.05) is 0 Å². The molecule has 72 valence electrons. The Labute approximate surface area is 78.6 Å². The predicted octanol–water partition coefficient (Wildman–Crippen LogP) is 1.20. The normalized spacial score (nSPS) is 11.6. The van der Waals surface area contributed by atoms with Gasteiger partial charge in [-0.3, -0.25) is 0 Å². The Hall–Kier alpha value is -0.870. The van der Waals surface area contributed by atoms with Crippen LogP contribution in [0.15, 0.2) is 23.1 Å². The molecule has 0 aliphatic rings. The maximum atomic E-state index is 11.1. The molecule has 0 spiro atoms. The number of nitrogens with two attached hydrogens (primary N) is 1. The lowest BCUT2D eigenvalue weighted by molar-refractivity contribution is 0.597. The van der Waals surface area contributed by atoms with Crippen molar-refractivity contribution in [3.8, 4) is 0 Å². The highest BCUT2D eigenvalue weighted by Crippen LogP contribution is 2.15. The number of benzene rings is 1. The highest BCUT2D eigenvalue weighted by molar-refractivity contribution is 7.89. The number of aryl methyl sites for hydroxylation is 2. The summed E-state index contributed by atoms with van der Waals surface area (Å²) in [5.41, 5.74) is 1.68. The first-order valence-electron chi connectivity index (χ1n) is 4.07. The van der Waals surface area contributed by atoms with Gasteiger partial charge in [0.25, 0.3) is 0 Å². The Morgan fingerprint density at radius 3 is 2.46 bits per heavy atom. The highest BCUT2D eigenvalue weighted by Gasteiger charge is 2.10. The Morgan fingerprint density at radius 2 is 2.00 bits per heavy atom. The second-order valence-electron chi connectivity index (χ2n) is 3.00. The van der Waals surface area contributed by atoms with Gasteiger partial charge in [-0.05, 0) is 30.5 Å². The minimum Gasteiger partial charge on any atom is -0.225 e. The molecule has 0 aromatic heterocycles. The summed E-state index contributed by atoms with van der Waals surface area (Å²) in [5.74, 6) is 0. The zero-order chi connectivity index (χ0) is 10.1. The van der Waals surface area contributed by atoms with Gasteiger partial charge in [-0.2, -0.15) is 0 Å². The lowest BCUT2D eigenvalue weighted by atomic mass is 10.1. The highest BCUT2D eigenvalue weighted by atomic mass is 32.2. The van der Waals surface area contributed by atoms with Gasteiger partial charge in [0.05, 0.1) is 4.90 Å². The Bertz CT molecular complexity index is 410. The van der Waals surface area contributed by atoms with E-state index < -0.39 is 10.0 Å². The van der Waals surface area contributed by atoms with E-state index in [0.717, 1.165) is 12.0 Å². The molecule has 3 nitrogen and oxygen atoms in total. The van der Waals surface area contributed by atoms with Crippen LogP contribution < -0.4 is 5.14 Å². The van der Waals surface area contributed by atoms with Crippen LogP contribution in [0.3, 0.4) is 0 Å². The van der Waals surface area contributed by atoms with Crippen molar-refractivity contribution in [1.82, 2.24) is 0 Å². The minimum atomic E-state index is -3.57. The third-order valence-corrected chi connectivity index (χ3v) is 3.02. The molecule has 0 atom stereocenters. The molecule has 13 heavy (non-hydrogen) atoms. The van der Waals surface area contributed by atoms with Crippen LogP contribution in [0.25, 0.3) is 0 Å². The van der Waals surface area contributed by atoms with E-state index in [1.54, 1.807) is 19.1 Å². The zero-order valence-corrected chi connectivity index (χ0v) is 8.56. The van der Waals surface area contributed by atoms with E-state index in [9.17, 15) is 8.42 Å². The average molecular weight is 199 g/mol. The molecule has 4 heteroatoms. The van der Waals surface area contributed by atoms with E-state index >= 15 is 0 Å². The topological polar surface area (TPSA) is 60.2 Å². The molecular weight excluding hydrogens is 186 g/mol. The van der Waals surface area contributed by atoms with Gasteiger partial charge in [0.15, 0.2) is 0 Å². The second kappa shape index (κ2) is 3.47. The van der Waals surface area contributed by atoms with Gasteiger partial charge >= 0.3 is 0 Å². The summed E-state index contributed by atoms with van der Waals surface area (Å²) in [6, 6.07) is 5.31. The molecular formula is C9H13NO2S. The Kier molecular flexibility index (Phi) is 2.73. The summed E-state index contributed by atoms with van der Waals surface area (Å²) in [5, 5.41) is 5.05. The smallest absolute Gasteiger partial charge is 0.225 e. The Balaban J connectivity index is 3.36. The standard InChI is InChI=1S/C9H13NO2S/c1-3-8-5-4-7(2)9(6-8)13(10,11)12/h4-6H,3H2,1-2H3,(H2,10,11,12). The zero-order valence-electron chi connectivity index (χ0n) is 7.74. The van der Waals surface area contributed by atoms with E-state index in [-0.39, 0.29) is 4.90 Å². The van der Waals surface area contributed by atoms with Gasteiger partial charge in [0, 0.05) is 0 Å². The van der Waals surface area contributed by atoms with Crippen LogP contribution in [-0.4, -0.2) is 8.42 Å². The van der Waals surface area contributed by atoms with Crippen molar-refractivity contribution in [1.29, 1.82) is 0 Å². The molecule has 0 saturated carbocycles.